The number of amides is 2. The Morgan fingerprint density at radius 1 is 1.18 bits per heavy atom. The van der Waals surface area contributed by atoms with Crippen LogP contribution in [0.15, 0.2) is 48.7 Å². The third kappa shape index (κ3) is 5.11. The maximum absolute atomic E-state index is 12.0. The Morgan fingerprint density at radius 3 is 2.54 bits per heavy atom. The zero-order chi connectivity index (χ0) is 19.9. The molecule has 0 spiro atoms. The van der Waals surface area contributed by atoms with Crippen LogP contribution in [-0.4, -0.2) is 41.4 Å². The van der Waals surface area contributed by atoms with Crippen molar-refractivity contribution in [3.63, 3.8) is 0 Å². The van der Waals surface area contributed by atoms with E-state index in [9.17, 15) is 9.59 Å². The summed E-state index contributed by atoms with van der Waals surface area (Å²) in [4.78, 5) is 34.5. The lowest BCUT2D eigenvalue weighted by molar-refractivity contribution is -0.140. The molecule has 28 heavy (non-hydrogen) atoms. The molecule has 0 saturated carbocycles. The minimum Gasteiger partial charge on any atom is -0.428 e. The Kier molecular flexibility index (Phi) is 6.67. The number of pyridine rings is 1. The van der Waals surface area contributed by atoms with E-state index in [2.05, 4.69) is 4.98 Å². The van der Waals surface area contributed by atoms with Crippen LogP contribution >= 0.6 is 11.6 Å². The zero-order valence-electron chi connectivity index (χ0n) is 15.2. The number of carbonyl (C=O) groups excluding carboxylic acids is 2. The Labute approximate surface area is 167 Å². The summed E-state index contributed by atoms with van der Waals surface area (Å²) in [6.07, 6.45) is 1.90. The lowest BCUT2D eigenvalue weighted by Crippen LogP contribution is -2.50. The SMILES string of the molecule is NC(=O)N(c1cccnc1Cl)C1CCN(OC(=O)OCc2ccccc2)CC1. The molecular weight excluding hydrogens is 384 g/mol. The standard InChI is InChI=1S/C19H21ClN4O4/c20-17-16(7-4-10-22-17)24(18(21)25)15-8-11-23(12-9-15)28-19(26)27-13-14-5-2-1-3-6-14/h1-7,10,15H,8-9,11-13H2,(H2,21,25). The number of ether oxygens (including phenoxy) is 1. The Balaban J connectivity index is 1.51. The van der Waals surface area contributed by atoms with E-state index in [1.165, 1.54) is 9.96 Å². The van der Waals surface area contributed by atoms with E-state index >= 15 is 0 Å². The number of nitrogens with zero attached hydrogens (tertiary/aromatic N) is 3. The van der Waals surface area contributed by atoms with Gasteiger partial charge in [0.2, 0.25) is 0 Å². The van der Waals surface area contributed by atoms with Gasteiger partial charge in [0.25, 0.3) is 0 Å². The third-order valence-electron chi connectivity index (χ3n) is 4.43. The van der Waals surface area contributed by atoms with Crippen molar-refractivity contribution in [3.05, 3.63) is 59.4 Å². The lowest BCUT2D eigenvalue weighted by atomic mass is 10.0. The summed E-state index contributed by atoms with van der Waals surface area (Å²) in [5.41, 5.74) is 6.91. The van der Waals surface area contributed by atoms with Crippen molar-refractivity contribution < 1.29 is 19.2 Å². The fourth-order valence-corrected chi connectivity index (χ4v) is 3.30. The van der Waals surface area contributed by atoms with Gasteiger partial charge in [0.15, 0.2) is 5.15 Å². The van der Waals surface area contributed by atoms with Gasteiger partial charge in [0, 0.05) is 25.3 Å². The molecule has 2 heterocycles. The number of halogens is 1. The summed E-state index contributed by atoms with van der Waals surface area (Å²) in [5.74, 6) is 0. The molecule has 1 aliphatic rings. The lowest BCUT2D eigenvalue weighted by Gasteiger charge is -2.36. The topological polar surface area (TPSA) is 98.0 Å². The van der Waals surface area contributed by atoms with Crippen LogP contribution < -0.4 is 10.6 Å². The molecule has 1 saturated heterocycles. The molecule has 0 radical (unpaired) electrons. The number of hydrogen-bond acceptors (Lipinski definition) is 6. The summed E-state index contributed by atoms with van der Waals surface area (Å²) in [5, 5.41) is 1.73. The van der Waals surface area contributed by atoms with Crippen LogP contribution in [0, 0.1) is 0 Å². The average Bonchev–Trinajstić information content (AvgIpc) is 2.70. The van der Waals surface area contributed by atoms with Crippen LogP contribution in [0.4, 0.5) is 15.3 Å². The first kappa shape index (κ1) is 19.9. The highest BCUT2D eigenvalue weighted by Crippen LogP contribution is 2.28. The highest BCUT2D eigenvalue weighted by Gasteiger charge is 2.31. The van der Waals surface area contributed by atoms with E-state index in [-0.39, 0.29) is 17.8 Å². The smallest absolute Gasteiger partial charge is 0.428 e. The van der Waals surface area contributed by atoms with Crippen molar-refractivity contribution in [1.29, 1.82) is 0 Å². The van der Waals surface area contributed by atoms with Crippen LogP contribution in [-0.2, 0) is 16.2 Å². The number of hydrogen-bond donors (Lipinski definition) is 1. The van der Waals surface area contributed by atoms with Gasteiger partial charge in [-0.25, -0.2) is 14.6 Å². The molecule has 2 N–H and O–H groups in total. The van der Waals surface area contributed by atoms with Crippen LogP contribution in [0.25, 0.3) is 0 Å². The number of piperidine rings is 1. The first-order valence-electron chi connectivity index (χ1n) is 8.87. The number of aromatic nitrogens is 1. The minimum absolute atomic E-state index is 0.144. The predicted octanol–water partition coefficient (Wildman–Crippen LogP) is 3.35. The number of carbonyl (C=O) groups is 2. The van der Waals surface area contributed by atoms with Crippen molar-refractivity contribution in [2.24, 2.45) is 5.73 Å². The quantitative estimate of drug-likeness (QED) is 0.606. The average molecular weight is 405 g/mol. The number of anilines is 1. The summed E-state index contributed by atoms with van der Waals surface area (Å²) < 4.78 is 5.12. The summed E-state index contributed by atoms with van der Waals surface area (Å²) >= 11 is 6.11. The van der Waals surface area contributed by atoms with Gasteiger partial charge in [-0.15, -0.1) is 5.06 Å². The van der Waals surface area contributed by atoms with Gasteiger partial charge < -0.3 is 15.3 Å². The number of rotatable bonds is 5. The number of hydroxylamine groups is 2. The molecule has 148 valence electrons. The van der Waals surface area contributed by atoms with Crippen molar-refractivity contribution in [2.45, 2.75) is 25.5 Å². The van der Waals surface area contributed by atoms with Gasteiger partial charge in [-0.1, -0.05) is 41.9 Å². The monoisotopic (exact) mass is 404 g/mol. The predicted molar refractivity (Wildman–Crippen MR) is 104 cm³/mol. The second kappa shape index (κ2) is 9.38. The minimum atomic E-state index is -0.760. The van der Waals surface area contributed by atoms with Crippen molar-refractivity contribution in [3.8, 4) is 0 Å². The molecule has 1 fully saturated rings. The fraction of sp³-hybridized carbons (Fsp3) is 0.316. The molecule has 1 aromatic carbocycles. The third-order valence-corrected chi connectivity index (χ3v) is 4.72. The van der Waals surface area contributed by atoms with Gasteiger partial charge in [-0.3, -0.25) is 4.90 Å². The Morgan fingerprint density at radius 2 is 1.89 bits per heavy atom. The van der Waals surface area contributed by atoms with Crippen LogP contribution in [0.1, 0.15) is 18.4 Å². The van der Waals surface area contributed by atoms with Gasteiger partial charge in [-0.05, 0) is 30.5 Å². The van der Waals surface area contributed by atoms with Crippen LogP contribution in [0.5, 0.6) is 0 Å². The molecule has 1 aliphatic heterocycles. The molecule has 0 unspecified atom stereocenters. The molecular formula is C19H21ClN4O4. The van der Waals surface area contributed by atoms with Crippen LogP contribution in [0.2, 0.25) is 5.15 Å². The normalized spacial score (nSPS) is 15.0. The molecule has 2 aromatic rings. The second-order valence-corrected chi connectivity index (χ2v) is 6.66. The van der Waals surface area contributed by atoms with E-state index in [0.717, 1.165) is 5.56 Å². The van der Waals surface area contributed by atoms with Crippen molar-refractivity contribution in [1.82, 2.24) is 10.0 Å². The number of benzene rings is 1. The summed E-state index contributed by atoms with van der Waals surface area (Å²) in [7, 11) is 0. The molecule has 0 bridgehead atoms. The first-order valence-corrected chi connectivity index (χ1v) is 9.25. The van der Waals surface area contributed by atoms with E-state index < -0.39 is 12.2 Å². The number of urea groups is 1. The van der Waals surface area contributed by atoms with Gasteiger partial charge in [-0.2, -0.15) is 0 Å². The van der Waals surface area contributed by atoms with Gasteiger partial charge >= 0.3 is 12.2 Å². The molecule has 3 rings (SSSR count). The first-order chi connectivity index (χ1) is 13.5. The van der Waals surface area contributed by atoms with Crippen molar-refractivity contribution >= 4 is 29.5 Å². The molecule has 2 amide bonds. The number of primary amides is 1. The molecule has 0 atom stereocenters. The highest BCUT2D eigenvalue weighted by molar-refractivity contribution is 6.32. The van der Waals surface area contributed by atoms with E-state index in [4.69, 9.17) is 26.9 Å². The molecule has 1 aromatic heterocycles. The Hall–Kier alpha value is -2.84. The second-order valence-electron chi connectivity index (χ2n) is 6.30. The van der Waals surface area contributed by atoms with Crippen LogP contribution in [0.3, 0.4) is 0 Å². The summed E-state index contributed by atoms with van der Waals surface area (Å²) in [6.45, 7) is 1.02. The highest BCUT2D eigenvalue weighted by atomic mass is 35.5. The molecule has 9 heteroatoms. The molecule has 8 nitrogen and oxygen atoms in total. The van der Waals surface area contributed by atoms with E-state index in [1.807, 2.05) is 30.3 Å². The maximum atomic E-state index is 12.0. The van der Waals surface area contributed by atoms with E-state index in [0.29, 0.717) is 31.6 Å². The maximum Gasteiger partial charge on any atom is 0.528 e. The van der Waals surface area contributed by atoms with E-state index in [1.54, 1.807) is 18.3 Å². The molecule has 0 aliphatic carbocycles. The van der Waals surface area contributed by atoms with Crippen molar-refractivity contribution in [2.75, 3.05) is 18.0 Å². The van der Waals surface area contributed by atoms with Gasteiger partial charge in [0.1, 0.15) is 6.61 Å². The fourth-order valence-electron chi connectivity index (χ4n) is 3.09. The largest absolute Gasteiger partial charge is 0.528 e. The Bertz CT molecular complexity index is 813. The zero-order valence-corrected chi connectivity index (χ0v) is 15.9. The number of nitrogens with two attached hydrogens (primary N) is 1. The van der Waals surface area contributed by atoms with Gasteiger partial charge in [0.05, 0.1) is 5.69 Å². The summed E-state index contributed by atoms with van der Waals surface area (Å²) in [6, 6.07) is 12.0.